The predicted octanol–water partition coefficient (Wildman–Crippen LogP) is 1.05. The number of nitrogens with two attached hydrogens (primary N) is 1. The van der Waals surface area contributed by atoms with Gasteiger partial charge in [-0.05, 0) is 6.42 Å². The van der Waals surface area contributed by atoms with Crippen molar-refractivity contribution in [1.29, 1.82) is 0 Å². The summed E-state index contributed by atoms with van der Waals surface area (Å²) in [5, 5.41) is 0. The molecule has 0 unspecified atom stereocenters. The van der Waals surface area contributed by atoms with Gasteiger partial charge in [-0.25, -0.2) is 0 Å². The first-order valence-corrected chi connectivity index (χ1v) is 3.47. The summed E-state index contributed by atoms with van der Waals surface area (Å²) in [7, 11) is 0. The van der Waals surface area contributed by atoms with E-state index in [0.29, 0.717) is 0 Å². The summed E-state index contributed by atoms with van der Waals surface area (Å²) in [6.07, 6.45) is 7.45. The lowest BCUT2D eigenvalue weighted by Crippen LogP contribution is -2.10. The number of nitrogens with zero attached hydrogens (tertiary/aromatic N) is 2. The Labute approximate surface area is 66.0 Å². The fourth-order valence-electron chi connectivity index (χ4n) is 0.802. The molecule has 0 fully saturated rings. The maximum Gasteiger partial charge on any atom is 0.0757 e. The van der Waals surface area contributed by atoms with E-state index in [1.807, 2.05) is 0 Å². The summed E-state index contributed by atoms with van der Waals surface area (Å²) in [4.78, 5) is 7.97. The average Bonchev–Trinajstić information content (AvgIpc) is 2.07. The maximum atomic E-state index is 5.73. The van der Waals surface area contributed by atoms with Crippen molar-refractivity contribution in [3.05, 3.63) is 36.9 Å². The Balaban J connectivity index is 2.68. The quantitative estimate of drug-likeness (QED) is 0.653. The zero-order valence-electron chi connectivity index (χ0n) is 6.27. The van der Waals surface area contributed by atoms with Gasteiger partial charge in [-0.1, -0.05) is 6.08 Å². The zero-order valence-corrected chi connectivity index (χ0v) is 6.27. The molecule has 0 radical (unpaired) electrons. The summed E-state index contributed by atoms with van der Waals surface area (Å²) < 4.78 is 0. The van der Waals surface area contributed by atoms with E-state index < -0.39 is 0 Å². The van der Waals surface area contributed by atoms with Gasteiger partial charge in [0.15, 0.2) is 0 Å². The Kier molecular flexibility index (Phi) is 2.74. The second kappa shape index (κ2) is 3.83. The molecule has 0 aromatic carbocycles. The molecule has 0 bridgehead atoms. The molecule has 0 aliphatic carbocycles. The molecule has 2 N–H and O–H groups in total. The van der Waals surface area contributed by atoms with E-state index >= 15 is 0 Å². The minimum atomic E-state index is -0.0683. The van der Waals surface area contributed by atoms with E-state index in [2.05, 4.69) is 16.5 Å². The zero-order chi connectivity index (χ0) is 8.10. The smallest absolute Gasteiger partial charge is 0.0757 e. The standard InChI is InChI=1S/C8H11N3/c1-2-3-7(9)8-6-10-4-5-11-8/h2,4-7H,1,3,9H2/t7-/m1/s1. The normalized spacial score (nSPS) is 12.5. The van der Waals surface area contributed by atoms with Gasteiger partial charge < -0.3 is 5.73 Å². The third-order valence-electron chi connectivity index (χ3n) is 1.38. The van der Waals surface area contributed by atoms with Crippen molar-refractivity contribution in [3.8, 4) is 0 Å². The van der Waals surface area contributed by atoms with E-state index in [0.717, 1.165) is 12.1 Å². The summed E-state index contributed by atoms with van der Waals surface area (Å²) in [5.41, 5.74) is 6.54. The molecule has 1 aromatic heterocycles. The molecule has 0 saturated heterocycles. The fraction of sp³-hybridized carbons (Fsp3) is 0.250. The molecule has 0 aliphatic heterocycles. The van der Waals surface area contributed by atoms with Gasteiger partial charge in [0.25, 0.3) is 0 Å². The van der Waals surface area contributed by atoms with Crippen LogP contribution in [-0.4, -0.2) is 9.97 Å². The van der Waals surface area contributed by atoms with Crippen LogP contribution >= 0.6 is 0 Å². The van der Waals surface area contributed by atoms with Crippen LogP contribution in [0.1, 0.15) is 18.2 Å². The molecule has 3 heteroatoms. The third-order valence-corrected chi connectivity index (χ3v) is 1.38. The van der Waals surface area contributed by atoms with Gasteiger partial charge in [-0.3, -0.25) is 9.97 Å². The molecule has 3 nitrogen and oxygen atoms in total. The van der Waals surface area contributed by atoms with Gasteiger partial charge in [0.2, 0.25) is 0 Å². The van der Waals surface area contributed by atoms with E-state index in [1.54, 1.807) is 24.7 Å². The molecule has 0 amide bonds. The lowest BCUT2D eigenvalue weighted by Gasteiger charge is -2.05. The molecule has 1 heterocycles. The second-order valence-electron chi connectivity index (χ2n) is 2.26. The van der Waals surface area contributed by atoms with Crippen LogP contribution < -0.4 is 5.73 Å². The maximum absolute atomic E-state index is 5.73. The predicted molar refractivity (Wildman–Crippen MR) is 43.8 cm³/mol. The average molecular weight is 149 g/mol. The van der Waals surface area contributed by atoms with Gasteiger partial charge in [0.1, 0.15) is 0 Å². The highest BCUT2D eigenvalue weighted by Gasteiger charge is 2.03. The lowest BCUT2D eigenvalue weighted by molar-refractivity contribution is 0.708. The number of rotatable bonds is 3. The van der Waals surface area contributed by atoms with Gasteiger partial charge in [0.05, 0.1) is 11.7 Å². The molecule has 0 aliphatic rings. The Morgan fingerprint density at radius 1 is 1.64 bits per heavy atom. The van der Waals surface area contributed by atoms with Crippen LogP contribution in [0.25, 0.3) is 0 Å². The van der Waals surface area contributed by atoms with Crippen LogP contribution in [0.2, 0.25) is 0 Å². The summed E-state index contributed by atoms with van der Waals surface area (Å²) >= 11 is 0. The van der Waals surface area contributed by atoms with Crippen molar-refractivity contribution in [2.45, 2.75) is 12.5 Å². The highest BCUT2D eigenvalue weighted by molar-refractivity contribution is 5.02. The van der Waals surface area contributed by atoms with Crippen molar-refractivity contribution in [1.82, 2.24) is 9.97 Å². The number of aromatic nitrogens is 2. The van der Waals surface area contributed by atoms with Gasteiger partial charge in [-0.2, -0.15) is 0 Å². The minimum Gasteiger partial charge on any atom is -0.322 e. The highest BCUT2D eigenvalue weighted by atomic mass is 14.8. The van der Waals surface area contributed by atoms with Crippen molar-refractivity contribution >= 4 is 0 Å². The summed E-state index contributed by atoms with van der Waals surface area (Å²) in [6.45, 7) is 3.60. The first-order valence-electron chi connectivity index (χ1n) is 3.47. The van der Waals surface area contributed by atoms with Crippen molar-refractivity contribution in [3.63, 3.8) is 0 Å². The first-order chi connectivity index (χ1) is 5.34. The molecule has 58 valence electrons. The van der Waals surface area contributed by atoms with E-state index in [9.17, 15) is 0 Å². The Morgan fingerprint density at radius 3 is 3.00 bits per heavy atom. The molecular weight excluding hydrogens is 138 g/mol. The third kappa shape index (κ3) is 2.13. The molecule has 1 atom stereocenters. The molecular formula is C8H11N3. The van der Waals surface area contributed by atoms with Gasteiger partial charge in [0, 0.05) is 18.6 Å². The summed E-state index contributed by atoms with van der Waals surface area (Å²) in [5.74, 6) is 0. The molecule has 0 saturated carbocycles. The largest absolute Gasteiger partial charge is 0.322 e. The number of hydrogen-bond acceptors (Lipinski definition) is 3. The van der Waals surface area contributed by atoms with Gasteiger partial charge in [-0.15, -0.1) is 6.58 Å². The van der Waals surface area contributed by atoms with Gasteiger partial charge >= 0.3 is 0 Å². The van der Waals surface area contributed by atoms with E-state index in [4.69, 9.17) is 5.73 Å². The highest BCUT2D eigenvalue weighted by Crippen LogP contribution is 2.08. The lowest BCUT2D eigenvalue weighted by atomic mass is 10.1. The van der Waals surface area contributed by atoms with Crippen molar-refractivity contribution in [2.24, 2.45) is 5.73 Å². The number of hydrogen-bond donors (Lipinski definition) is 1. The van der Waals surface area contributed by atoms with Crippen LogP contribution in [0.15, 0.2) is 31.2 Å². The Bertz CT molecular complexity index is 220. The molecule has 1 aromatic rings. The van der Waals surface area contributed by atoms with E-state index in [1.165, 1.54) is 0 Å². The van der Waals surface area contributed by atoms with Crippen LogP contribution in [-0.2, 0) is 0 Å². The first kappa shape index (κ1) is 7.88. The van der Waals surface area contributed by atoms with Crippen LogP contribution in [0.3, 0.4) is 0 Å². The Hall–Kier alpha value is -1.22. The monoisotopic (exact) mass is 149 g/mol. The van der Waals surface area contributed by atoms with E-state index in [-0.39, 0.29) is 6.04 Å². The molecule has 11 heavy (non-hydrogen) atoms. The van der Waals surface area contributed by atoms with Crippen molar-refractivity contribution < 1.29 is 0 Å². The SMILES string of the molecule is C=CC[C@@H](N)c1cnccn1. The topological polar surface area (TPSA) is 51.8 Å². The van der Waals surface area contributed by atoms with Crippen LogP contribution in [0.4, 0.5) is 0 Å². The second-order valence-corrected chi connectivity index (χ2v) is 2.26. The minimum absolute atomic E-state index is 0.0683. The van der Waals surface area contributed by atoms with Crippen molar-refractivity contribution in [2.75, 3.05) is 0 Å². The van der Waals surface area contributed by atoms with Crippen LogP contribution in [0.5, 0.6) is 0 Å². The summed E-state index contributed by atoms with van der Waals surface area (Å²) in [6, 6.07) is -0.0683. The Morgan fingerprint density at radius 2 is 2.45 bits per heavy atom. The molecule has 1 rings (SSSR count). The van der Waals surface area contributed by atoms with Crippen LogP contribution in [0, 0.1) is 0 Å². The molecule has 0 spiro atoms. The fourth-order valence-corrected chi connectivity index (χ4v) is 0.802.